The lowest BCUT2D eigenvalue weighted by molar-refractivity contribution is -0.0518. The summed E-state index contributed by atoms with van der Waals surface area (Å²) in [5, 5.41) is 9.30. The van der Waals surface area contributed by atoms with Crippen LogP contribution in [0, 0.1) is 0 Å². The Morgan fingerprint density at radius 1 is 1.10 bits per heavy atom. The van der Waals surface area contributed by atoms with Gasteiger partial charge in [-0.1, -0.05) is 0 Å². The van der Waals surface area contributed by atoms with Crippen LogP contribution in [0.1, 0.15) is 29.9 Å². The van der Waals surface area contributed by atoms with Gasteiger partial charge >= 0.3 is 12.6 Å². The lowest BCUT2D eigenvalue weighted by atomic mass is 10.2. The number of alkyl halides is 2. The van der Waals surface area contributed by atoms with Crippen molar-refractivity contribution in [2.75, 3.05) is 4.90 Å². The molecule has 10 heteroatoms. The van der Waals surface area contributed by atoms with E-state index in [2.05, 4.69) is 19.7 Å². The summed E-state index contributed by atoms with van der Waals surface area (Å²) in [4.78, 5) is 24.1. The normalized spacial score (nSPS) is 11.0. The summed E-state index contributed by atoms with van der Waals surface area (Å²) in [6, 6.07) is 5.99. The second-order valence-electron chi connectivity index (χ2n) is 6.58. The molecule has 0 aliphatic carbocycles. The molecule has 8 nitrogen and oxygen atoms in total. The number of hydrogen-bond acceptors (Lipinski definition) is 6. The number of nitrogens with zero attached hydrogens (tertiary/aromatic N) is 3. The summed E-state index contributed by atoms with van der Waals surface area (Å²) >= 11 is 0. The molecule has 2 N–H and O–H groups in total. The summed E-state index contributed by atoms with van der Waals surface area (Å²) in [5.74, 6) is -1.07. The zero-order valence-electron chi connectivity index (χ0n) is 16.3. The zero-order chi connectivity index (χ0) is 21.7. The molecule has 0 radical (unpaired) electrons. The molecular weight excluding hydrogens is 398 g/mol. The lowest BCUT2D eigenvalue weighted by Gasteiger charge is -2.26. The van der Waals surface area contributed by atoms with Crippen molar-refractivity contribution in [1.29, 1.82) is 0 Å². The predicted molar refractivity (Wildman–Crippen MR) is 104 cm³/mol. The van der Waals surface area contributed by atoms with E-state index in [0.29, 0.717) is 17.9 Å². The summed E-state index contributed by atoms with van der Waals surface area (Å²) in [5.41, 5.74) is 1.81. The van der Waals surface area contributed by atoms with E-state index in [1.165, 1.54) is 30.9 Å². The summed E-state index contributed by atoms with van der Waals surface area (Å²) in [6.45, 7) is 0.826. The van der Waals surface area contributed by atoms with E-state index in [4.69, 9.17) is 4.74 Å². The Morgan fingerprint density at radius 3 is 2.53 bits per heavy atom. The molecule has 0 spiro atoms. The number of rotatable bonds is 9. The van der Waals surface area contributed by atoms with Crippen molar-refractivity contribution in [2.24, 2.45) is 0 Å². The van der Waals surface area contributed by atoms with Crippen LogP contribution in [0.2, 0.25) is 0 Å². The van der Waals surface area contributed by atoms with Gasteiger partial charge in [0.2, 0.25) is 0 Å². The second kappa shape index (κ2) is 9.21. The maximum Gasteiger partial charge on any atom is 0.387 e. The first-order valence-electron chi connectivity index (χ1n) is 9.02. The molecule has 2 heterocycles. The Kier molecular flexibility index (Phi) is 6.45. The van der Waals surface area contributed by atoms with Crippen LogP contribution in [-0.2, 0) is 6.54 Å². The number of carboxylic acids is 1. The van der Waals surface area contributed by atoms with Crippen molar-refractivity contribution in [2.45, 2.75) is 33.1 Å². The van der Waals surface area contributed by atoms with Gasteiger partial charge < -0.3 is 24.5 Å². The van der Waals surface area contributed by atoms with E-state index in [0.717, 1.165) is 5.69 Å². The van der Waals surface area contributed by atoms with Crippen molar-refractivity contribution in [1.82, 2.24) is 15.0 Å². The highest BCUT2D eigenvalue weighted by Crippen LogP contribution is 2.37. The van der Waals surface area contributed by atoms with Gasteiger partial charge in [-0.2, -0.15) is 8.78 Å². The molecule has 0 saturated heterocycles. The van der Waals surface area contributed by atoms with Gasteiger partial charge in [-0.05, 0) is 32.0 Å². The Balaban J connectivity index is 2.06. The minimum atomic E-state index is -3.00. The smallest absolute Gasteiger partial charge is 0.387 e. The molecule has 3 rings (SSSR count). The van der Waals surface area contributed by atoms with E-state index < -0.39 is 12.6 Å². The van der Waals surface area contributed by atoms with Gasteiger partial charge in [-0.15, -0.1) is 0 Å². The molecule has 1 aromatic carbocycles. The van der Waals surface area contributed by atoms with Crippen LogP contribution in [-0.4, -0.2) is 38.7 Å². The first kappa shape index (κ1) is 21.0. The number of carbonyl (C=O) groups is 1. The maximum absolute atomic E-state index is 12.8. The van der Waals surface area contributed by atoms with E-state index >= 15 is 0 Å². The molecule has 0 bridgehead atoms. The van der Waals surface area contributed by atoms with Crippen molar-refractivity contribution in [3.05, 3.63) is 60.4 Å². The predicted octanol–water partition coefficient (Wildman–Crippen LogP) is 4.23. The number of nitrogens with one attached hydrogen (secondary N) is 1. The average Bonchev–Trinajstić information content (AvgIpc) is 3.20. The number of aromatic carboxylic acids is 1. The lowest BCUT2D eigenvalue weighted by Crippen LogP contribution is -2.18. The largest absolute Gasteiger partial charge is 0.487 e. The van der Waals surface area contributed by atoms with Gasteiger partial charge in [0.15, 0.2) is 11.5 Å². The Labute approximate surface area is 171 Å². The van der Waals surface area contributed by atoms with Crippen molar-refractivity contribution < 1.29 is 28.2 Å². The third kappa shape index (κ3) is 5.22. The molecule has 2 aromatic heterocycles. The standard InChI is InChI=1S/C20H20F2N4O4/c1-12(2)29-18-6-15(3-4-17(18)30-20(21)22)26(10-14-8-24-11-25-14)16-5-13(19(27)28)7-23-9-16/h3-9,11-12,20H,10H2,1-2H3,(H,24,25)(H,27,28). The van der Waals surface area contributed by atoms with E-state index in [9.17, 15) is 18.7 Å². The molecule has 3 aromatic rings. The van der Waals surface area contributed by atoms with Crippen molar-refractivity contribution >= 4 is 17.3 Å². The minimum Gasteiger partial charge on any atom is -0.487 e. The number of aromatic amines is 1. The molecule has 0 amide bonds. The fourth-order valence-corrected chi connectivity index (χ4v) is 2.77. The molecule has 0 saturated carbocycles. The highest BCUT2D eigenvalue weighted by atomic mass is 19.3. The highest BCUT2D eigenvalue weighted by molar-refractivity contribution is 5.88. The van der Waals surface area contributed by atoms with Crippen LogP contribution in [0.15, 0.2) is 49.2 Å². The number of hydrogen-bond donors (Lipinski definition) is 2. The zero-order valence-corrected chi connectivity index (χ0v) is 16.3. The van der Waals surface area contributed by atoms with Gasteiger partial charge in [-0.25, -0.2) is 9.78 Å². The number of anilines is 2. The number of imidazole rings is 1. The summed E-state index contributed by atoms with van der Waals surface area (Å²) < 4.78 is 35.8. The fraction of sp³-hybridized carbons (Fsp3) is 0.250. The number of halogens is 2. The van der Waals surface area contributed by atoms with E-state index in [-0.39, 0.29) is 23.2 Å². The van der Waals surface area contributed by atoms with Gasteiger partial charge in [-0.3, -0.25) is 4.98 Å². The number of aromatic nitrogens is 3. The second-order valence-corrected chi connectivity index (χ2v) is 6.58. The van der Waals surface area contributed by atoms with Crippen LogP contribution in [0.4, 0.5) is 20.2 Å². The van der Waals surface area contributed by atoms with Gasteiger partial charge in [0.1, 0.15) is 0 Å². The first-order chi connectivity index (χ1) is 14.3. The summed E-state index contributed by atoms with van der Waals surface area (Å²) in [6.07, 6.45) is 5.62. The number of pyridine rings is 1. The fourth-order valence-electron chi connectivity index (χ4n) is 2.77. The first-order valence-corrected chi connectivity index (χ1v) is 9.02. The van der Waals surface area contributed by atoms with E-state index in [1.807, 2.05) is 0 Å². The van der Waals surface area contributed by atoms with E-state index in [1.54, 1.807) is 37.1 Å². The Morgan fingerprint density at radius 2 is 1.90 bits per heavy atom. The maximum atomic E-state index is 12.8. The average molecular weight is 418 g/mol. The Hall–Kier alpha value is -3.69. The van der Waals surface area contributed by atoms with Gasteiger partial charge in [0.25, 0.3) is 0 Å². The monoisotopic (exact) mass is 418 g/mol. The van der Waals surface area contributed by atoms with Crippen LogP contribution in [0.5, 0.6) is 11.5 Å². The molecule has 0 fully saturated rings. The molecule has 0 unspecified atom stereocenters. The van der Waals surface area contributed by atoms with Crippen LogP contribution in [0.25, 0.3) is 0 Å². The highest BCUT2D eigenvalue weighted by Gasteiger charge is 2.18. The third-order valence-electron chi connectivity index (χ3n) is 3.98. The molecule has 0 aliphatic rings. The third-order valence-corrected chi connectivity index (χ3v) is 3.98. The quantitative estimate of drug-likeness (QED) is 0.536. The van der Waals surface area contributed by atoms with Crippen LogP contribution >= 0.6 is 0 Å². The van der Waals surface area contributed by atoms with Crippen LogP contribution < -0.4 is 14.4 Å². The molecule has 30 heavy (non-hydrogen) atoms. The topological polar surface area (TPSA) is 101 Å². The van der Waals surface area contributed by atoms with Crippen molar-refractivity contribution in [3.8, 4) is 11.5 Å². The molecule has 0 aliphatic heterocycles. The van der Waals surface area contributed by atoms with Crippen molar-refractivity contribution in [3.63, 3.8) is 0 Å². The van der Waals surface area contributed by atoms with Gasteiger partial charge in [0.05, 0.1) is 42.1 Å². The van der Waals surface area contributed by atoms with Gasteiger partial charge in [0, 0.05) is 24.1 Å². The SMILES string of the molecule is CC(C)Oc1cc(N(Cc2cnc[nH]2)c2cncc(C(=O)O)c2)ccc1OC(F)F. The van der Waals surface area contributed by atoms with Crippen LogP contribution in [0.3, 0.4) is 0 Å². The summed E-state index contributed by atoms with van der Waals surface area (Å²) in [7, 11) is 0. The minimum absolute atomic E-state index is 0.0124. The number of H-pyrrole nitrogens is 1. The molecule has 0 atom stereocenters. The Bertz CT molecular complexity index is 996. The number of benzene rings is 1. The molecule has 158 valence electrons. The molecular formula is C20H20F2N4O4. The number of carboxylic acid groups (broad SMARTS) is 1. The number of ether oxygens (including phenoxy) is 2.